The van der Waals surface area contributed by atoms with Crippen molar-refractivity contribution in [3.8, 4) is 0 Å². The van der Waals surface area contributed by atoms with Gasteiger partial charge in [0.05, 0.1) is 10.7 Å². The van der Waals surface area contributed by atoms with E-state index in [4.69, 9.17) is 5.73 Å². The summed E-state index contributed by atoms with van der Waals surface area (Å²) in [5.74, 6) is 0. The fraction of sp³-hybridized carbons (Fsp3) is 0.250. The highest BCUT2D eigenvalue weighted by atomic mass is 32.1. The van der Waals surface area contributed by atoms with E-state index in [1.54, 1.807) is 11.3 Å². The summed E-state index contributed by atoms with van der Waals surface area (Å²) in [6.07, 6.45) is 0. The number of aryl methyl sites for hydroxylation is 1. The smallest absolute Gasteiger partial charge is 0.0897 e. The van der Waals surface area contributed by atoms with E-state index in [0.717, 1.165) is 29.5 Å². The fourth-order valence-corrected chi connectivity index (χ4v) is 2.14. The minimum Gasteiger partial charge on any atom is -0.399 e. The van der Waals surface area contributed by atoms with Crippen molar-refractivity contribution in [3.63, 3.8) is 0 Å². The summed E-state index contributed by atoms with van der Waals surface area (Å²) in [5.41, 5.74) is 8.82. The molecule has 0 saturated heterocycles. The number of aromatic nitrogens is 1. The van der Waals surface area contributed by atoms with Crippen LogP contribution in [0.1, 0.15) is 16.3 Å². The van der Waals surface area contributed by atoms with Crippen LogP contribution in [0.15, 0.2) is 29.6 Å². The average Bonchev–Trinajstić information content (AvgIpc) is 2.64. The predicted octanol–water partition coefficient (Wildman–Crippen LogP) is 2.32. The van der Waals surface area contributed by atoms with E-state index >= 15 is 0 Å². The van der Waals surface area contributed by atoms with Crippen molar-refractivity contribution in [3.05, 3.63) is 45.9 Å². The van der Waals surface area contributed by atoms with Crippen molar-refractivity contribution in [2.75, 3.05) is 5.73 Å². The van der Waals surface area contributed by atoms with Crippen LogP contribution in [0.3, 0.4) is 0 Å². The Morgan fingerprint density at radius 2 is 2.25 bits per heavy atom. The minimum atomic E-state index is 0.805. The molecule has 3 N–H and O–H groups in total. The number of nitrogens with two attached hydrogens (primary N) is 1. The second kappa shape index (κ2) is 5.09. The predicted molar refractivity (Wildman–Crippen MR) is 68.2 cm³/mol. The van der Waals surface area contributed by atoms with Crippen LogP contribution in [-0.2, 0) is 13.1 Å². The third-order valence-corrected chi connectivity index (χ3v) is 3.08. The van der Waals surface area contributed by atoms with E-state index in [9.17, 15) is 0 Å². The topological polar surface area (TPSA) is 50.9 Å². The van der Waals surface area contributed by atoms with Crippen molar-refractivity contribution < 1.29 is 0 Å². The molecular weight excluding hydrogens is 218 g/mol. The average molecular weight is 233 g/mol. The lowest BCUT2D eigenvalue weighted by Gasteiger charge is -2.03. The molecule has 0 aliphatic heterocycles. The maximum absolute atomic E-state index is 5.71. The highest BCUT2D eigenvalue weighted by molar-refractivity contribution is 7.09. The Bertz CT molecular complexity index is 465. The first-order chi connectivity index (χ1) is 7.74. The Kier molecular flexibility index (Phi) is 3.54. The van der Waals surface area contributed by atoms with Crippen molar-refractivity contribution >= 4 is 17.0 Å². The first kappa shape index (κ1) is 11.1. The Morgan fingerprint density at radius 3 is 2.94 bits per heavy atom. The van der Waals surface area contributed by atoms with Crippen molar-refractivity contribution in [1.82, 2.24) is 10.3 Å². The zero-order valence-corrected chi connectivity index (χ0v) is 10.1. The van der Waals surface area contributed by atoms with Gasteiger partial charge in [0.25, 0.3) is 0 Å². The van der Waals surface area contributed by atoms with Gasteiger partial charge < -0.3 is 11.1 Å². The summed E-state index contributed by atoms with van der Waals surface area (Å²) in [6.45, 7) is 3.65. The van der Waals surface area contributed by atoms with E-state index in [0.29, 0.717) is 0 Å². The number of rotatable bonds is 4. The van der Waals surface area contributed by atoms with E-state index in [1.165, 1.54) is 5.56 Å². The molecule has 4 heteroatoms. The van der Waals surface area contributed by atoms with E-state index in [1.807, 2.05) is 25.1 Å². The summed E-state index contributed by atoms with van der Waals surface area (Å²) < 4.78 is 0. The number of nitrogen functional groups attached to an aromatic ring is 1. The monoisotopic (exact) mass is 233 g/mol. The quantitative estimate of drug-likeness (QED) is 0.797. The summed E-state index contributed by atoms with van der Waals surface area (Å²) >= 11 is 1.68. The van der Waals surface area contributed by atoms with Gasteiger partial charge in [0.1, 0.15) is 0 Å². The molecule has 1 aromatic heterocycles. The van der Waals surface area contributed by atoms with E-state index in [2.05, 4.69) is 21.7 Å². The third kappa shape index (κ3) is 3.05. The number of nitrogens with one attached hydrogen (secondary N) is 1. The zero-order chi connectivity index (χ0) is 11.4. The molecule has 0 aliphatic rings. The molecule has 0 aliphatic carbocycles. The van der Waals surface area contributed by atoms with Gasteiger partial charge in [0.15, 0.2) is 0 Å². The molecule has 0 radical (unpaired) electrons. The molecule has 0 saturated carbocycles. The van der Waals surface area contributed by atoms with Crippen LogP contribution in [0.2, 0.25) is 0 Å². The second-order valence-corrected chi connectivity index (χ2v) is 4.77. The maximum atomic E-state index is 5.71. The number of hydrogen-bond acceptors (Lipinski definition) is 4. The van der Waals surface area contributed by atoms with Crippen LogP contribution in [0, 0.1) is 6.92 Å². The summed E-state index contributed by atoms with van der Waals surface area (Å²) in [4.78, 5) is 4.39. The number of thiazole rings is 1. The highest BCUT2D eigenvalue weighted by Gasteiger charge is 1.98. The Labute approximate surface area is 99.3 Å². The Balaban J connectivity index is 1.84. The van der Waals surface area contributed by atoms with Crippen molar-refractivity contribution in [2.24, 2.45) is 0 Å². The summed E-state index contributed by atoms with van der Waals surface area (Å²) in [6, 6.07) is 7.92. The number of anilines is 1. The van der Waals surface area contributed by atoms with E-state index < -0.39 is 0 Å². The van der Waals surface area contributed by atoms with Crippen LogP contribution >= 0.6 is 11.3 Å². The van der Waals surface area contributed by atoms with Gasteiger partial charge in [-0.3, -0.25) is 0 Å². The van der Waals surface area contributed by atoms with Gasteiger partial charge >= 0.3 is 0 Å². The molecule has 0 spiro atoms. The highest BCUT2D eigenvalue weighted by Crippen LogP contribution is 2.09. The number of nitrogens with zero attached hydrogens (tertiary/aromatic N) is 1. The molecule has 16 heavy (non-hydrogen) atoms. The first-order valence-electron chi connectivity index (χ1n) is 5.20. The molecule has 2 aromatic rings. The zero-order valence-electron chi connectivity index (χ0n) is 9.23. The van der Waals surface area contributed by atoms with Gasteiger partial charge in [-0.2, -0.15) is 0 Å². The van der Waals surface area contributed by atoms with E-state index in [-0.39, 0.29) is 0 Å². The van der Waals surface area contributed by atoms with Crippen LogP contribution in [0.4, 0.5) is 5.69 Å². The van der Waals surface area contributed by atoms with Crippen LogP contribution in [0.25, 0.3) is 0 Å². The molecule has 0 unspecified atom stereocenters. The standard InChI is InChI=1S/C12H15N3S/c1-9-15-12(8-16-9)7-14-6-10-3-2-4-11(13)5-10/h2-5,8,14H,6-7,13H2,1H3. The molecular formula is C12H15N3S. The normalized spacial score (nSPS) is 10.6. The molecule has 1 aromatic carbocycles. The summed E-state index contributed by atoms with van der Waals surface area (Å²) in [5, 5.41) is 6.54. The maximum Gasteiger partial charge on any atom is 0.0897 e. The minimum absolute atomic E-state index is 0.805. The Hall–Kier alpha value is -1.39. The molecule has 1 heterocycles. The van der Waals surface area contributed by atoms with Crippen LogP contribution in [0.5, 0.6) is 0 Å². The lowest BCUT2D eigenvalue weighted by Crippen LogP contribution is -2.13. The lowest BCUT2D eigenvalue weighted by atomic mass is 10.2. The van der Waals surface area contributed by atoms with Gasteiger partial charge in [-0.25, -0.2) is 4.98 Å². The molecule has 0 amide bonds. The number of benzene rings is 1. The molecule has 0 atom stereocenters. The molecule has 0 fully saturated rings. The van der Waals surface area contributed by atoms with Gasteiger partial charge in [-0.05, 0) is 24.6 Å². The molecule has 2 rings (SSSR count). The number of hydrogen-bond donors (Lipinski definition) is 2. The second-order valence-electron chi connectivity index (χ2n) is 3.71. The van der Waals surface area contributed by atoms with Gasteiger partial charge in [0, 0.05) is 24.2 Å². The first-order valence-corrected chi connectivity index (χ1v) is 6.08. The lowest BCUT2D eigenvalue weighted by molar-refractivity contribution is 0.682. The van der Waals surface area contributed by atoms with Crippen LogP contribution in [-0.4, -0.2) is 4.98 Å². The fourth-order valence-electron chi connectivity index (χ4n) is 1.53. The van der Waals surface area contributed by atoms with Gasteiger partial charge in [-0.15, -0.1) is 11.3 Å². The van der Waals surface area contributed by atoms with Crippen molar-refractivity contribution in [2.45, 2.75) is 20.0 Å². The van der Waals surface area contributed by atoms with Crippen LogP contribution < -0.4 is 11.1 Å². The van der Waals surface area contributed by atoms with Gasteiger partial charge in [0.2, 0.25) is 0 Å². The Morgan fingerprint density at radius 1 is 1.38 bits per heavy atom. The molecule has 0 bridgehead atoms. The van der Waals surface area contributed by atoms with Crippen molar-refractivity contribution in [1.29, 1.82) is 0 Å². The summed E-state index contributed by atoms with van der Waals surface area (Å²) in [7, 11) is 0. The van der Waals surface area contributed by atoms with Gasteiger partial charge in [-0.1, -0.05) is 12.1 Å². The largest absolute Gasteiger partial charge is 0.399 e. The SMILES string of the molecule is Cc1nc(CNCc2cccc(N)c2)cs1. The third-order valence-electron chi connectivity index (χ3n) is 2.25. The molecule has 3 nitrogen and oxygen atoms in total. The molecule has 84 valence electrons.